The highest BCUT2D eigenvalue weighted by Gasteiger charge is 2.16. The number of phenolic OH excluding ortho intramolecular Hbond substituents is 1. The molecular formula is C8H5ClF2O2. The number of phenols is 1. The van der Waals surface area contributed by atoms with Gasteiger partial charge in [0.1, 0.15) is 6.29 Å². The van der Waals surface area contributed by atoms with E-state index in [1.165, 1.54) is 0 Å². The number of hydrogen-bond donors (Lipinski definition) is 1. The molecule has 0 aliphatic carbocycles. The molecule has 0 fully saturated rings. The van der Waals surface area contributed by atoms with Crippen molar-refractivity contribution in [1.82, 2.24) is 0 Å². The molecule has 1 rings (SSSR count). The lowest BCUT2D eigenvalue weighted by Gasteiger charge is -2.04. The van der Waals surface area contributed by atoms with Crippen LogP contribution in [-0.4, -0.2) is 11.4 Å². The lowest BCUT2D eigenvalue weighted by atomic mass is 10.1. The molecule has 0 aromatic heterocycles. The largest absolute Gasteiger partial charge is 0.505 e. The zero-order valence-electron chi connectivity index (χ0n) is 6.35. The third-order valence-electron chi connectivity index (χ3n) is 1.52. The van der Waals surface area contributed by atoms with E-state index in [0.717, 1.165) is 6.07 Å². The van der Waals surface area contributed by atoms with Crippen LogP contribution in [0, 0.1) is 11.6 Å². The molecule has 5 heteroatoms. The maximum atomic E-state index is 12.8. The molecule has 0 bridgehead atoms. The fraction of sp³-hybridized carbons (Fsp3) is 0.125. The van der Waals surface area contributed by atoms with Gasteiger partial charge in [-0.3, -0.25) is 0 Å². The predicted molar refractivity (Wildman–Crippen MR) is 42.8 cm³/mol. The van der Waals surface area contributed by atoms with E-state index in [2.05, 4.69) is 0 Å². The van der Waals surface area contributed by atoms with Gasteiger partial charge in [-0.2, -0.15) is 4.39 Å². The second-order valence-electron chi connectivity index (χ2n) is 2.36. The number of aromatic hydroxyl groups is 1. The van der Waals surface area contributed by atoms with Crippen LogP contribution in [0.5, 0.6) is 5.75 Å². The Balaban J connectivity index is 3.31. The fourth-order valence-corrected chi connectivity index (χ4v) is 1.09. The number of aldehydes is 1. The van der Waals surface area contributed by atoms with Crippen molar-refractivity contribution in [3.8, 4) is 5.75 Å². The predicted octanol–water partition coefficient (Wildman–Crippen LogP) is 2.07. The molecule has 13 heavy (non-hydrogen) atoms. The number of rotatable bonds is 2. The van der Waals surface area contributed by atoms with Gasteiger partial charge in [-0.25, -0.2) is 4.39 Å². The summed E-state index contributed by atoms with van der Waals surface area (Å²) in [4.78, 5) is 10.1. The third kappa shape index (κ3) is 1.78. The first-order chi connectivity index (χ1) is 6.07. The topological polar surface area (TPSA) is 37.3 Å². The summed E-state index contributed by atoms with van der Waals surface area (Å²) in [5, 5.41) is 8.55. The van der Waals surface area contributed by atoms with Crippen molar-refractivity contribution in [3.63, 3.8) is 0 Å². The number of hydrogen-bond acceptors (Lipinski definition) is 2. The average Bonchev–Trinajstić information content (AvgIpc) is 2.11. The van der Waals surface area contributed by atoms with Crippen LogP contribution in [0.15, 0.2) is 6.07 Å². The summed E-state index contributed by atoms with van der Waals surface area (Å²) in [5.74, 6) is -3.60. The first kappa shape index (κ1) is 9.92. The highest BCUT2D eigenvalue weighted by atomic mass is 35.5. The smallest absolute Gasteiger partial charge is 0.202 e. The molecule has 1 N–H and O–H groups in total. The van der Waals surface area contributed by atoms with Gasteiger partial charge in [-0.1, -0.05) is 11.6 Å². The van der Waals surface area contributed by atoms with Crippen molar-refractivity contribution in [1.29, 1.82) is 0 Å². The van der Waals surface area contributed by atoms with Gasteiger partial charge < -0.3 is 9.90 Å². The monoisotopic (exact) mass is 206 g/mol. The van der Waals surface area contributed by atoms with Gasteiger partial charge in [-0.05, 0) is 6.07 Å². The van der Waals surface area contributed by atoms with Gasteiger partial charge in [0.05, 0.1) is 5.02 Å². The Morgan fingerprint density at radius 2 is 2.08 bits per heavy atom. The van der Waals surface area contributed by atoms with Crippen molar-refractivity contribution in [2.75, 3.05) is 0 Å². The Bertz CT molecular complexity index is 352. The zero-order chi connectivity index (χ0) is 10.0. The molecule has 1 aromatic carbocycles. The Morgan fingerprint density at radius 1 is 1.46 bits per heavy atom. The molecule has 0 heterocycles. The molecule has 0 spiro atoms. The zero-order valence-corrected chi connectivity index (χ0v) is 7.11. The molecule has 0 aliphatic heterocycles. The van der Waals surface area contributed by atoms with Crippen molar-refractivity contribution < 1.29 is 18.7 Å². The summed E-state index contributed by atoms with van der Waals surface area (Å²) < 4.78 is 25.4. The highest BCUT2D eigenvalue weighted by Crippen LogP contribution is 2.29. The van der Waals surface area contributed by atoms with E-state index in [-0.39, 0.29) is 12.0 Å². The minimum atomic E-state index is -1.43. The summed E-state index contributed by atoms with van der Waals surface area (Å²) in [7, 11) is 0. The SMILES string of the molecule is O=CCc1cc(Cl)c(F)c(F)c1O. The van der Waals surface area contributed by atoms with Gasteiger partial charge in [-0.15, -0.1) is 0 Å². The lowest BCUT2D eigenvalue weighted by Crippen LogP contribution is -1.94. The third-order valence-corrected chi connectivity index (χ3v) is 1.79. The Labute approximate surface area is 77.8 Å². The van der Waals surface area contributed by atoms with Gasteiger partial charge in [0, 0.05) is 12.0 Å². The van der Waals surface area contributed by atoms with Gasteiger partial charge in [0.2, 0.25) is 5.82 Å². The van der Waals surface area contributed by atoms with E-state index in [4.69, 9.17) is 16.7 Å². The lowest BCUT2D eigenvalue weighted by molar-refractivity contribution is -0.107. The molecular weight excluding hydrogens is 202 g/mol. The maximum Gasteiger partial charge on any atom is 0.202 e. The molecule has 0 radical (unpaired) electrons. The van der Waals surface area contributed by atoms with Crippen LogP contribution in [0.4, 0.5) is 8.78 Å². The Hall–Kier alpha value is -1.16. The van der Waals surface area contributed by atoms with Crippen LogP contribution in [0.1, 0.15) is 5.56 Å². The summed E-state index contributed by atoms with van der Waals surface area (Å²) in [6.45, 7) is 0. The van der Waals surface area contributed by atoms with Crippen molar-refractivity contribution in [3.05, 3.63) is 28.3 Å². The van der Waals surface area contributed by atoms with Gasteiger partial charge in [0.15, 0.2) is 11.6 Å². The van der Waals surface area contributed by atoms with Crippen LogP contribution in [-0.2, 0) is 11.2 Å². The quantitative estimate of drug-likeness (QED) is 0.594. The van der Waals surface area contributed by atoms with Crippen molar-refractivity contribution >= 4 is 17.9 Å². The summed E-state index contributed by atoms with van der Waals surface area (Å²) in [6, 6.07) is 1.02. The Kier molecular flexibility index (Phi) is 2.83. The summed E-state index contributed by atoms with van der Waals surface area (Å²) >= 11 is 5.28. The molecule has 0 unspecified atom stereocenters. The molecule has 2 nitrogen and oxygen atoms in total. The van der Waals surface area contributed by atoms with Crippen molar-refractivity contribution in [2.45, 2.75) is 6.42 Å². The number of benzene rings is 1. The minimum absolute atomic E-state index is 0.0288. The van der Waals surface area contributed by atoms with Crippen LogP contribution in [0.2, 0.25) is 5.02 Å². The van der Waals surface area contributed by atoms with E-state index < -0.39 is 22.4 Å². The normalized spacial score (nSPS) is 10.1. The molecule has 70 valence electrons. The fourth-order valence-electron chi connectivity index (χ4n) is 0.880. The summed E-state index contributed by atoms with van der Waals surface area (Å²) in [6.07, 6.45) is 0.255. The Morgan fingerprint density at radius 3 is 2.62 bits per heavy atom. The minimum Gasteiger partial charge on any atom is -0.505 e. The second kappa shape index (κ2) is 3.70. The second-order valence-corrected chi connectivity index (χ2v) is 2.77. The van der Waals surface area contributed by atoms with E-state index in [1.807, 2.05) is 0 Å². The number of carbonyl (C=O) groups excluding carboxylic acids is 1. The van der Waals surface area contributed by atoms with E-state index in [1.54, 1.807) is 0 Å². The molecule has 0 saturated heterocycles. The first-order valence-electron chi connectivity index (χ1n) is 3.37. The first-order valence-corrected chi connectivity index (χ1v) is 3.74. The van der Waals surface area contributed by atoms with Gasteiger partial charge >= 0.3 is 0 Å². The van der Waals surface area contributed by atoms with E-state index in [0.29, 0.717) is 6.29 Å². The average molecular weight is 207 g/mol. The van der Waals surface area contributed by atoms with E-state index in [9.17, 15) is 13.6 Å². The number of carbonyl (C=O) groups is 1. The standard InChI is InChI=1S/C8H5ClF2O2/c9-5-3-4(1-2-12)8(13)7(11)6(5)10/h2-3,13H,1H2. The van der Waals surface area contributed by atoms with Crippen LogP contribution in [0.25, 0.3) is 0 Å². The molecule has 0 saturated carbocycles. The molecule has 0 amide bonds. The van der Waals surface area contributed by atoms with Gasteiger partial charge in [0.25, 0.3) is 0 Å². The summed E-state index contributed by atoms with van der Waals surface area (Å²) in [5.41, 5.74) is -0.0288. The molecule has 0 atom stereocenters. The van der Waals surface area contributed by atoms with Crippen LogP contribution >= 0.6 is 11.6 Å². The maximum absolute atomic E-state index is 12.8. The molecule has 0 aliphatic rings. The number of halogens is 3. The van der Waals surface area contributed by atoms with Crippen LogP contribution in [0.3, 0.4) is 0 Å². The highest BCUT2D eigenvalue weighted by molar-refractivity contribution is 6.30. The van der Waals surface area contributed by atoms with Crippen molar-refractivity contribution in [2.24, 2.45) is 0 Å². The van der Waals surface area contributed by atoms with E-state index >= 15 is 0 Å². The van der Waals surface area contributed by atoms with Crippen LogP contribution < -0.4 is 0 Å². The molecule has 1 aromatic rings.